The largest absolute Gasteiger partial charge is 0.484 e. The summed E-state index contributed by atoms with van der Waals surface area (Å²) in [4.78, 5) is 29.1. The molecule has 0 unspecified atom stereocenters. The van der Waals surface area contributed by atoms with Crippen molar-refractivity contribution in [2.45, 2.75) is 64.1 Å². The molecule has 3 aromatic rings. The zero-order valence-corrected chi connectivity index (χ0v) is 22.1. The van der Waals surface area contributed by atoms with Crippen LogP contribution in [0.15, 0.2) is 78.9 Å². The van der Waals surface area contributed by atoms with Crippen LogP contribution in [0, 0.1) is 6.92 Å². The molecule has 0 spiro atoms. The second-order valence-electron chi connectivity index (χ2n) is 9.80. The first-order valence-electron chi connectivity index (χ1n) is 13.1. The van der Waals surface area contributed by atoms with Gasteiger partial charge in [0.1, 0.15) is 11.8 Å². The normalized spacial score (nSPS) is 14.5. The first-order valence-corrected chi connectivity index (χ1v) is 13.4. The van der Waals surface area contributed by atoms with Gasteiger partial charge in [0.15, 0.2) is 6.61 Å². The van der Waals surface area contributed by atoms with Gasteiger partial charge in [0.25, 0.3) is 5.91 Å². The van der Waals surface area contributed by atoms with Crippen LogP contribution in [0.2, 0.25) is 5.02 Å². The number of aryl methyl sites for hydroxylation is 1. The summed E-state index contributed by atoms with van der Waals surface area (Å²) in [6.07, 6.45) is 5.84. The van der Waals surface area contributed by atoms with Crippen molar-refractivity contribution < 1.29 is 14.3 Å². The predicted molar refractivity (Wildman–Crippen MR) is 148 cm³/mol. The summed E-state index contributed by atoms with van der Waals surface area (Å²) in [6, 6.07) is 24.3. The molecule has 1 N–H and O–H groups in total. The van der Waals surface area contributed by atoms with Gasteiger partial charge in [-0.25, -0.2) is 0 Å². The summed E-state index contributed by atoms with van der Waals surface area (Å²) < 4.78 is 5.81. The van der Waals surface area contributed by atoms with E-state index in [0.29, 0.717) is 23.7 Å². The Bertz CT molecular complexity index is 1160. The molecule has 0 aliphatic heterocycles. The predicted octanol–water partition coefficient (Wildman–Crippen LogP) is 6.12. The van der Waals surface area contributed by atoms with Crippen molar-refractivity contribution in [3.8, 4) is 5.75 Å². The maximum atomic E-state index is 13.8. The number of benzene rings is 3. The molecule has 0 aromatic heterocycles. The van der Waals surface area contributed by atoms with Gasteiger partial charge in [0, 0.05) is 24.0 Å². The highest BCUT2D eigenvalue weighted by atomic mass is 35.5. The molecule has 6 heteroatoms. The van der Waals surface area contributed by atoms with Crippen LogP contribution in [0.5, 0.6) is 5.75 Å². The molecule has 194 valence electrons. The number of ether oxygens (including phenoxy) is 1. The molecule has 1 aliphatic carbocycles. The molecule has 2 amide bonds. The topological polar surface area (TPSA) is 58.6 Å². The minimum absolute atomic E-state index is 0.108. The highest BCUT2D eigenvalue weighted by Gasteiger charge is 2.32. The molecule has 1 fully saturated rings. The number of carbonyl (C=O) groups excluding carboxylic acids is 2. The maximum absolute atomic E-state index is 13.8. The van der Waals surface area contributed by atoms with Gasteiger partial charge in [-0.05, 0) is 55.2 Å². The Balaban J connectivity index is 1.60. The Morgan fingerprint density at radius 1 is 0.946 bits per heavy atom. The van der Waals surface area contributed by atoms with E-state index in [9.17, 15) is 9.59 Å². The SMILES string of the molecule is Cc1cccc(CN(C(=O)COc2ccc(Cl)cc2)[C@H](Cc2ccccc2)C(=O)NC2CCCCC2)c1. The third-order valence-corrected chi connectivity index (χ3v) is 7.09. The van der Waals surface area contributed by atoms with Gasteiger partial charge >= 0.3 is 0 Å². The van der Waals surface area contributed by atoms with Crippen LogP contribution in [0.4, 0.5) is 0 Å². The third kappa shape index (κ3) is 8.09. The lowest BCUT2D eigenvalue weighted by atomic mass is 9.94. The highest BCUT2D eigenvalue weighted by molar-refractivity contribution is 6.30. The fraction of sp³-hybridized carbons (Fsp3) is 0.355. The average Bonchev–Trinajstić information content (AvgIpc) is 2.91. The van der Waals surface area contributed by atoms with E-state index >= 15 is 0 Å². The minimum Gasteiger partial charge on any atom is -0.484 e. The molecule has 0 radical (unpaired) electrons. The van der Waals surface area contributed by atoms with Crippen LogP contribution < -0.4 is 10.1 Å². The Hall–Kier alpha value is -3.31. The fourth-order valence-corrected chi connectivity index (χ4v) is 4.99. The number of nitrogens with zero attached hydrogens (tertiary/aromatic N) is 1. The van der Waals surface area contributed by atoms with E-state index < -0.39 is 6.04 Å². The summed E-state index contributed by atoms with van der Waals surface area (Å²) in [5.41, 5.74) is 3.09. The first kappa shape index (κ1) is 26.7. The lowest BCUT2D eigenvalue weighted by Gasteiger charge is -2.33. The second kappa shape index (κ2) is 13.3. The number of hydrogen-bond donors (Lipinski definition) is 1. The molecule has 1 aliphatic rings. The first-order chi connectivity index (χ1) is 18.0. The van der Waals surface area contributed by atoms with E-state index in [-0.39, 0.29) is 24.5 Å². The zero-order chi connectivity index (χ0) is 26.0. The van der Waals surface area contributed by atoms with Crippen molar-refractivity contribution in [3.63, 3.8) is 0 Å². The maximum Gasteiger partial charge on any atom is 0.261 e. The smallest absolute Gasteiger partial charge is 0.261 e. The van der Waals surface area contributed by atoms with Crippen molar-refractivity contribution >= 4 is 23.4 Å². The van der Waals surface area contributed by atoms with E-state index in [1.54, 1.807) is 29.2 Å². The number of halogens is 1. The molecule has 5 nitrogen and oxygen atoms in total. The van der Waals surface area contributed by atoms with E-state index in [1.807, 2.05) is 55.5 Å². The molecule has 1 saturated carbocycles. The lowest BCUT2D eigenvalue weighted by molar-refractivity contribution is -0.143. The van der Waals surface area contributed by atoms with Crippen LogP contribution in [0.1, 0.15) is 48.8 Å². The molecule has 0 bridgehead atoms. The van der Waals surface area contributed by atoms with Gasteiger partial charge in [0.2, 0.25) is 5.91 Å². The van der Waals surface area contributed by atoms with E-state index in [0.717, 1.165) is 42.4 Å². The number of nitrogens with one attached hydrogen (secondary N) is 1. The summed E-state index contributed by atoms with van der Waals surface area (Å²) in [6.45, 7) is 2.17. The van der Waals surface area contributed by atoms with Crippen molar-refractivity contribution in [1.29, 1.82) is 0 Å². The van der Waals surface area contributed by atoms with Crippen LogP contribution >= 0.6 is 11.6 Å². The quantitative estimate of drug-likeness (QED) is 0.352. The second-order valence-corrected chi connectivity index (χ2v) is 10.2. The molecule has 3 aromatic carbocycles. The standard InChI is InChI=1S/C31H35ClN2O3/c1-23-9-8-12-25(19-23)21-34(30(35)22-37-28-17-15-26(32)16-18-28)29(20-24-10-4-2-5-11-24)31(36)33-27-13-6-3-7-14-27/h2,4-5,8-12,15-19,27,29H,3,6-7,13-14,20-22H2,1H3,(H,33,36)/t29-/m1/s1. The Kier molecular flexibility index (Phi) is 9.61. The van der Waals surface area contributed by atoms with Crippen LogP contribution in [0.3, 0.4) is 0 Å². The molecule has 0 saturated heterocycles. The van der Waals surface area contributed by atoms with Gasteiger partial charge in [0.05, 0.1) is 0 Å². The van der Waals surface area contributed by atoms with Gasteiger partial charge in [-0.3, -0.25) is 9.59 Å². The molecule has 0 heterocycles. The zero-order valence-electron chi connectivity index (χ0n) is 21.4. The van der Waals surface area contributed by atoms with Gasteiger partial charge in [-0.2, -0.15) is 0 Å². The highest BCUT2D eigenvalue weighted by Crippen LogP contribution is 2.21. The Labute approximate surface area is 224 Å². The fourth-order valence-electron chi connectivity index (χ4n) is 4.86. The van der Waals surface area contributed by atoms with Crippen molar-refractivity contribution in [2.24, 2.45) is 0 Å². The molecular formula is C31H35ClN2O3. The molecule has 1 atom stereocenters. The minimum atomic E-state index is -0.661. The molecular weight excluding hydrogens is 484 g/mol. The van der Waals surface area contributed by atoms with Crippen molar-refractivity contribution in [1.82, 2.24) is 10.2 Å². The number of amides is 2. The Morgan fingerprint density at radius 2 is 1.65 bits per heavy atom. The molecule has 37 heavy (non-hydrogen) atoms. The lowest BCUT2D eigenvalue weighted by Crippen LogP contribution is -2.53. The van der Waals surface area contributed by atoms with E-state index in [1.165, 1.54) is 6.42 Å². The van der Waals surface area contributed by atoms with Crippen molar-refractivity contribution in [2.75, 3.05) is 6.61 Å². The molecule has 4 rings (SSSR count). The number of carbonyl (C=O) groups is 2. The van der Waals surface area contributed by atoms with Crippen LogP contribution in [-0.4, -0.2) is 35.4 Å². The van der Waals surface area contributed by atoms with Gasteiger partial charge in [-0.1, -0.05) is 91.0 Å². The summed E-state index contributed by atoms with van der Waals surface area (Å²) in [7, 11) is 0. The Morgan fingerprint density at radius 3 is 2.35 bits per heavy atom. The monoisotopic (exact) mass is 518 g/mol. The average molecular weight is 519 g/mol. The van der Waals surface area contributed by atoms with E-state index in [4.69, 9.17) is 16.3 Å². The van der Waals surface area contributed by atoms with Gasteiger partial charge in [-0.15, -0.1) is 0 Å². The summed E-state index contributed by atoms with van der Waals surface area (Å²) in [5, 5.41) is 3.86. The van der Waals surface area contributed by atoms with Crippen LogP contribution in [0.25, 0.3) is 0 Å². The number of hydrogen-bond acceptors (Lipinski definition) is 3. The summed E-state index contributed by atoms with van der Waals surface area (Å²) in [5.74, 6) is 0.207. The third-order valence-electron chi connectivity index (χ3n) is 6.83. The van der Waals surface area contributed by atoms with Crippen molar-refractivity contribution in [3.05, 3.63) is 101 Å². The summed E-state index contributed by atoms with van der Waals surface area (Å²) >= 11 is 5.99. The van der Waals surface area contributed by atoms with Crippen LogP contribution in [-0.2, 0) is 22.6 Å². The number of rotatable bonds is 10. The van der Waals surface area contributed by atoms with Gasteiger partial charge < -0.3 is 15.0 Å². The van der Waals surface area contributed by atoms with E-state index in [2.05, 4.69) is 11.4 Å².